The summed E-state index contributed by atoms with van der Waals surface area (Å²) in [6.45, 7) is 0.493. The average Bonchev–Trinajstić information content (AvgIpc) is 3.39. The Morgan fingerprint density at radius 3 is 2.75 bits per heavy atom. The smallest absolute Gasteiger partial charge is 0.254 e. The van der Waals surface area contributed by atoms with Gasteiger partial charge >= 0.3 is 0 Å². The molecule has 4 rings (SSSR count). The van der Waals surface area contributed by atoms with Crippen LogP contribution in [0.5, 0.6) is 0 Å². The average molecular weight is 379 g/mol. The number of benzene rings is 1. The number of primary amides is 1. The number of carbonyl (C=O) groups excluding carboxylic acids is 1. The maximum atomic E-state index is 11.8. The Morgan fingerprint density at radius 2 is 2.07 bits per heavy atom. The summed E-state index contributed by atoms with van der Waals surface area (Å²) >= 11 is 0. The summed E-state index contributed by atoms with van der Waals surface area (Å²) in [7, 11) is 0. The SMILES string of the molecule is NC[C@H](Nc1ncc(C(N)=O)c(Nc2cccc(-n3nccn3)c2)n1)C1CC1. The van der Waals surface area contributed by atoms with E-state index in [1.165, 1.54) is 11.0 Å². The number of nitrogens with zero attached hydrogens (tertiary/aromatic N) is 5. The molecule has 1 aliphatic carbocycles. The molecule has 2 aromatic heterocycles. The molecule has 3 aromatic rings. The molecule has 1 saturated carbocycles. The number of nitrogens with two attached hydrogens (primary N) is 2. The molecular formula is C18H21N9O. The topological polar surface area (TPSA) is 150 Å². The number of hydrogen-bond donors (Lipinski definition) is 4. The summed E-state index contributed by atoms with van der Waals surface area (Å²) in [5.41, 5.74) is 13.0. The maximum absolute atomic E-state index is 11.8. The van der Waals surface area contributed by atoms with Crippen molar-refractivity contribution in [1.82, 2.24) is 25.0 Å². The largest absolute Gasteiger partial charge is 0.365 e. The highest BCUT2D eigenvalue weighted by Crippen LogP contribution is 2.33. The lowest BCUT2D eigenvalue weighted by Crippen LogP contribution is -2.31. The van der Waals surface area contributed by atoms with Crippen LogP contribution in [0.3, 0.4) is 0 Å². The van der Waals surface area contributed by atoms with Gasteiger partial charge in [0, 0.05) is 24.5 Å². The van der Waals surface area contributed by atoms with E-state index in [2.05, 4.69) is 30.8 Å². The summed E-state index contributed by atoms with van der Waals surface area (Å²) in [4.78, 5) is 22.0. The monoisotopic (exact) mass is 379 g/mol. The van der Waals surface area contributed by atoms with Crippen molar-refractivity contribution in [2.75, 3.05) is 17.2 Å². The molecule has 1 amide bonds. The van der Waals surface area contributed by atoms with E-state index >= 15 is 0 Å². The first kappa shape index (κ1) is 17.9. The van der Waals surface area contributed by atoms with Gasteiger partial charge in [0.05, 0.1) is 18.1 Å². The van der Waals surface area contributed by atoms with Crippen LogP contribution in [0.25, 0.3) is 5.69 Å². The van der Waals surface area contributed by atoms with Gasteiger partial charge in [-0.05, 0) is 37.0 Å². The molecule has 10 nitrogen and oxygen atoms in total. The lowest BCUT2D eigenvalue weighted by atomic mass is 10.2. The zero-order valence-electron chi connectivity index (χ0n) is 15.1. The number of amides is 1. The number of aromatic nitrogens is 5. The number of rotatable bonds is 8. The third kappa shape index (κ3) is 3.91. The Balaban J connectivity index is 1.61. The van der Waals surface area contributed by atoms with Crippen LogP contribution in [0.2, 0.25) is 0 Å². The summed E-state index contributed by atoms with van der Waals surface area (Å²) in [5.74, 6) is 0.650. The summed E-state index contributed by atoms with van der Waals surface area (Å²) in [6, 6.07) is 7.52. The molecule has 0 bridgehead atoms. The van der Waals surface area contributed by atoms with E-state index in [0.717, 1.165) is 18.5 Å². The first-order valence-corrected chi connectivity index (χ1v) is 9.01. The lowest BCUT2D eigenvalue weighted by molar-refractivity contribution is 0.100. The zero-order chi connectivity index (χ0) is 19.5. The fourth-order valence-corrected chi connectivity index (χ4v) is 2.95. The fraction of sp³-hybridized carbons (Fsp3) is 0.278. The minimum Gasteiger partial charge on any atom is -0.365 e. The van der Waals surface area contributed by atoms with Crippen molar-refractivity contribution < 1.29 is 4.79 Å². The summed E-state index contributed by atoms with van der Waals surface area (Å²) < 4.78 is 0. The van der Waals surface area contributed by atoms with Crippen LogP contribution < -0.4 is 22.1 Å². The fourth-order valence-electron chi connectivity index (χ4n) is 2.95. The predicted octanol–water partition coefficient (Wildman–Crippen LogP) is 1.05. The Morgan fingerprint density at radius 1 is 1.29 bits per heavy atom. The van der Waals surface area contributed by atoms with Crippen LogP contribution in [0.15, 0.2) is 42.9 Å². The highest BCUT2D eigenvalue weighted by Gasteiger charge is 2.30. The molecule has 1 atom stereocenters. The van der Waals surface area contributed by atoms with Crippen LogP contribution in [-0.4, -0.2) is 43.5 Å². The van der Waals surface area contributed by atoms with Crippen molar-refractivity contribution >= 4 is 23.4 Å². The van der Waals surface area contributed by atoms with E-state index < -0.39 is 5.91 Å². The normalized spacial score (nSPS) is 14.5. The molecule has 0 spiro atoms. The van der Waals surface area contributed by atoms with E-state index in [-0.39, 0.29) is 11.6 Å². The van der Waals surface area contributed by atoms with Crippen molar-refractivity contribution in [2.24, 2.45) is 17.4 Å². The molecule has 144 valence electrons. The summed E-state index contributed by atoms with van der Waals surface area (Å²) in [5, 5.41) is 14.6. The van der Waals surface area contributed by atoms with Gasteiger partial charge in [0.2, 0.25) is 5.95 Å². The molecule has 6 N–H and O–H groups in total. The minimum absolute atomic E-state index is 0.112. The van der Waals surface area contributed by atoms with Crippen LogP contribution in [0.4, 0.5) is 17.5 Å². The van der Waals surface area contributed by atoms with Crippen molar-refractivity contribution in [3.8, 4) is 5.69 Å². The van der Waals surface area contributed by atoms with Gasteiger partial charge < -0.3 is 22.1 Å². The molecule has 0 radical (unpaired) electrons. The molecule has 10 heteroatoms. The summed E-state index contributed by atoms with van der Waals surface area (Å²) in [6.07, 6.45) is 6.91. The van der Waals surface area contributed by atoms with Crippen molar-refractivity contribution in [1.29, 1.82) is 0 Å². The molecule has 1 aliphatic rings. The van der Waals surface area contributed by atoms with Crippen molar-refractivity contribution in [3.63, 3.8) is 0 Å². The second kappa shape index (κ2) is 7.61. The van der Waals surface area contributed by atoms with Gasteiger partial charge in [0.25, 0.3) is 5.91 Å². The Hall–Kier alpha value is -3.53. The van der Waals surface area contributed by atoms with Crippen molar-refractivity contribution in [3.05, 3.63) is 48.4 Å². The number of carbonyl (C=O) groups is 1. The molecule has 28 heavy (non-hydrogen) atoms. The van der Waals surface area contributed by atoms with Crippen molar-refractivity contribution in [2.45, 2.75) is 18.9 Å². The third-order valence-electron chi connectivity index (χ3n) is 4.57. The molecule has 1 fully saturated rings. The van der Waals surface area contributed by atoms with Gasteiger partial charge in [-0.2, -0.15) is 20.0 Å². The standard InChI is InChI=1S/C18H21N9O/c19-9-15(11-4-5-11)25-18-21-10-14(16(20)28)17(26-18)24-12-2-1-3-13(8-12)27-22-6-7-23-27/h1-3,6-8,10-11,15H,4-5,9,19H2,(H2,20,28)(H2,21,24,25,26)/t15-/m0/s1. The minimum atomic E-state index is -0.614. The maximum Gasteiger partial charge on any atom is 0.254 e. The molecule has 0 saturated heterocycles. The van der Waals surface area contributed by atoms with Gasteiger partial charge in [-0.1, -0.05) is 6.07 Å². The van der Waals surface area contributed by atoms with E-state index in [1.807, 2.05) is 24.3 Å². The Labute approximate surface area is 161 Å². The van der Waals surface area contributed by atoms with Crippen LogP contribution in [-0.2, 0) is 0 Å². The third-order valence-corrected chi connectivity index (χ3v) is 4.57. The Bertz CT molecular complexity index is 969. The second-order valence-corrected chi connectivity index (χ2v) is 6.64. The van der Waals surface area contributed by atoms with Crippen LogP contribution in [0.1, 0.15) is 23.2 Å². The molecule has 2 heterocycles. The van der Waals surface area contributed by atoms with Gasteiger partial charge in [0.1, 0.15) is 11.4 Å². The first-order valence-electron chi connectivity index (χ1n) is 9.01. The number of anilines is 3. The highest BCUT2D eigenvalue weighted by molar-refractivity contribution is 5.98. The lowest BCUT2D eigenvalue weighted by Gasteiger charge is -2.17. The number of nitrogens with one attached hydrogen (secondary N) is 2. The van der Waals surface area contributed by atoms with E-state index in [9.17, 15) is 4.79 Å². The van der Waals surface area contributed by atoms with E-state index in [1.54, 1.807) is 12.4 Å². The molecule has 1 aromatic carbocycles. The van der Waals surface area contributed by atoms with Crippen LogP contribution in [0, 0.1) is 5.92 Å². The number of hydrogen-bond acceptors (Lipinski definition) is 8. The van der Waals surface area contributed by atoms with E-state index in [4.69, 9.17) is 11.5 Å². The Kier molecular flexibility index (Phi) is 4.85. The van der Waals surface area contributed by atoms with Gasteiger partial charge in [-0.3, -0.25) is 4.79 Å². The molecule has 0 aliphatic heterocycles. The molecule has 0 unspecified atom stereocenters. The first-order chi connectivity index (χ1) is 13.6. The van der Waals surface area contributed by atoms with Gasteiger partial charge in [-0.15, -0.1) is 0 Å². The zero-order valence-corrected chi connectivity index (χ0v) is 15.1. The van der Waals surface area contributed by atoms with Crippen LogP contribution >= 0.6 is 0 Å². The quantitative estimate of drug-likeness (QED) is 0.453. The second-order valence-electron chi connectivity index (χ2n) is 6.64. The molecular weight excluding hydrogens is 358 g/mol. The van der Waals surface area contributed by atoms with Gasteiger partial charge in [0.15, 0.2) is 0 Å². The predicted molar refractivity (Wildman–Crippen MR) is 104 cm³/mol. The van der Waals surface area contributed by atoms with E-state index in [0.29, 0.717) is 29.9 Å². The highest BCUT2D eigenvalue weighted by atomic mass is 16.1. The van der Waals surface area contributed by atoms with Gasteiger partial charge in [-0.25, -0.2) is 4.98 Å².